The second kappa shape index (κ2) is 3.91. The van der Waals surface area contributed by atoms with Crippen molar-refractivity contribution in [3.63, 3.8) is 0 Å². The van der Waals surface area contributed by atoms with Crippen molar-refractivity contribution in [2.45, 2.75) is 38.6 Å². The van der Waals surface area contributed by atoms with Crippen molar-refractivity contribution in [1.29, 1.82) is 0 Å². The molecule has 3 unspecified atom stereocenters. The number of rotatable bonds is 2. The van der Waals surface area contributed by atoms with Gasteiger partial charge in [0.2, 0.25) is 0 Å². The molecular formula is C10H19N. The minimum atomic E-state index is 0.455. The smallest absolute Gasteiger partial charge is 0.00417 e. The van der Waals surface area contributed by atoms with E-state index in [0.29, 0.717) is 6.04 Å². The van der Waals surface area contributed by atoms with E-state index in [-0.39, 0.29) is 0 Å². The molecule has 0 amide bonds. The number of allylic oxidation sites excluding steroid dienone is 1. The van der Waals surface area contributed by atoms with Crippen molar-refractivity contribution in [3.8, 4) is 0 Å². The van der Waals surface area contributed by atoms with Crippen LogP contribution in [0, 0.1) is 11.8 Å². The van der Waals surface area contributed by atoms with Crippen molar-refractivity contribution in [2.75, 3.05) is 0 Å². The van der Waals surface area contributed by atoms with E-state index in [1.54, 1.807) is 0 Å². The Labute approximate surface area is 69.7 Å². The first-order valence-corrected chi connectivity index (χ1v) is 4.60. The van der Waals surface area contributed by atoms with Gasteiger partial charge in [0.1, 0.15) is 0 Å². The van der Waals surface area contributed by atoms with Crippen LogP contribution in [0.15, 0.2) is 12.7 Å². The summed E-state index contributed by atoms with van der Waals surface area (Å²) in [5.41, 5.74) is 5.88. The standard InChI is InChI=1S/C10H19N/c1-3-4-9-7-10(11)6-5-8(9)2/h3,8-10H,1,4-7,11H2,2H3. The molecule has 1 aliphatic rings. The van der Waals surface area contributed by atoms with E-state index < -0.39 is 0 Å². The third kappa shape index (κ3) is 2.33. The Morgan fingerprint density at radius 3 is 2.91 bits per heavy atom. The lowest BCUT2D eigenvalue weighted by Gasteiger charge is -2.31. The summed E-state index contributed by atoms with van der Waals surface area (Å²) in [5, 5.41) is 0. The Morgan fingerprint density at radius 2 is 2.27 bits per heavy atom. The zero-order valence-corrected chi connectivity index (χ0v) is 7.42. The van der Waals surface area contributed by atoms with Crippen molar-refractivity contribution in [2.24, 2.45) is 17.6 Å². The zero-order valence-electron chi connectivity index (χ0n) is 7.42. The van der Waals surface area contributed by atoms with Crippen LogP contribution in [-0.4, -0.2) is 6.04 Å². The van der Waals surface area contributed by atoms with Crippen molar-refractivity contribution >= 4 is 0 Å². The molecule has 0 aromatic carbocycles. The molecule has 1 rings (SSSR count). The van der Waals surface area contributed by atoms with Gasteiger partial charge in [-0.3, -0.25) is 0 Å². The lowest BCUT2D eigenvalue weighted by atomic mass is 9.77. The molecule has 0 aromatic rings. The van der Waals surface area contributed by atoms with Crippen LogP contribution in [0.3, 0.4) is 0 Å². The molecule has 1 nitrogen and oxygen atoms in total. The highest BCUT2D eigenvalue weighted by molar-refractivity contribution is 4.84. The Bertz CT molecular complexity index is 131. The summed E-state index contributed by atoms with van der Waals surface area (Å²) in [6, 6.07) is 0.455. The van der Waals surface area contributed by atoms with Crippen molar-refractivity contribution in [3.05, 3.63) is 12.7 Å². The van der Waals surface area contributed by atoms with Crippen molar-refractivity contribution < 1.29 is 0 Å². The topological polar surface area (TPSA) is 26.0 Å². The van der Waals surface area contributed by atoms with Crippen LogP contribution in [0.5, 0.6) is 0 Å². The van der Waals surface area contributed by atoms with Crippen molar-refractivity contribution in [1.82, 2.24) is 0 Å². The summed E-state index contributed by atoms with van der Waals surface area (Å²) in [7, 11) is 0. The molecule has 0 aromatic heterocycles. The summed E-state index contributed by atoms with van der Waals surface area (Å²) >= 11 is 0. The molecule has 0 radical (unpaired) electrons. The maximum atomic E-state index is 5.88. The largest absolute Gasteiger partial charge is 0.328 e. The molecule has 1 heteroatoms. The first kappa shape index (κ1) is 8.79. The van der Waals surface area contributed by atoms with Gasteiger partial charge in [0.25, 0.3) is 0 Å². The van der Waals surface area contributed by atoms with E-state index in [1.807, 2.05) is 6.08 Å². The van der Waals surface area contributed by atoms with E-state index in [0.717, 1.165) is 18.3 Å². The Kier molecular flexibility index (Phi) is 3.13. The molecule has 0 heterocycles. The van der Waals surface area contributed by atoms with Crippen LogP contribution in [0.4, 0.5) is 0 Å². The lowest BCUT2D eigenvalue weighted by Crippen LogP contribution is -2.31. The Balaban J connectivity index is 2.40. The van der Waals surface area contributed by atoms with Crippen LogP contribution in [-0.2, 0) is 0 Å². The minimum Gasteiger partial charge on any atom is -0.328 e. The fourth-order valence-electron chi connectivity index (χ4n) is 1.99. The van der Waals surface area contributed by atoms with Gasteiger partial charge in [-0.15, -0.1) is 6.58 Å². The summed E-state index contributed by atoms with van der Waals surface area (Å²) in [4.78, 5) is 0. The predicted molar refractivity (Wildman–Crippen MR) is 49.3 cm³/mol. The normalized spacial score (nSPS) is 38.5. The Hall–Kier alpha value is -0.300. The first-order chi connectivity index (χ1) is 5.24. The maximum absolute atomic E-state index is 5.88. The summed E-state index contributed by atoms with van der Waals surface area (Å²) < 4.78 is 0. The predicted octanol–water partition coefficient (Wildman–Crippen LogP) is 2.33. The fraction of sp³-hybridized carbons (Fsp3) is 0.800. The van der Waals surface area contributed by atoms with Gasteiger partial charge in [-0.1, -0.05) is 13.0 Å². The second-order valence-corrected chi connectivity index (χ2v) is 3.83. The van der Waals surface area contributed by atoms with Crippen LogP contribution >= 0.6 is 0 Å². The van der Waals surface area contributed by atoms with Crippen LogP contribution in [0.1, 0.15) is 32.6 Å². The van der Waals surface area contributed by atoms with Gasteiger partial charge in [-0.2, -0.15) is 0 Å². The molecule has 0 aliphatic heterocycles. The van der Waals surface area contributed by atoms with Crippen LogP contribution < -0.4 is 5.73 Å². The Morgan fingerprint density at radius 1 is 1.55 bits per heavy atom. The van der Waals surface area contributed by atoms with E-state index >= 15 is 0 Å². The highest BCUT2D eigenvalue weighted by atomic mass is 14.6. The van der Waals surface area contributed by atoms with Crippen LogP contribution in [0.2, 0.25) is 0 Å². The SMILES string of the molecule is C=CCC1CC(N)CCC1C. The van der Waals surface area contributed by atoms with E-state index in [4.69, 9.17) is 5.73 Å². The zero-order chi connectivity index (χ0) is 8.27. The maximum Gasteiger partial charge on any atom is 0.00417 e. The van der Waals surface area contributed by atoms with Gasteiger partial charge >= 0.3 is 0 Å². The molecule has 3 atom stereocenters. The quantitative estimate of drug-likeness (QED) is 0.605. The number of nitrogens with two attached hydrogens (primary N) is 1. The van der Waals surface area contributed by atoms with E-state index in [1.165, 1.54) is 19.3 Å². The summed E-state index contributed by atoms with van der Waals surface area (Å²) in [6.07, 6.45) is 6.90. The molecule has 1 saturated carbocycles. The average molecular weight is 153 g/mol. The highest BCUT2D eigenvalue weighted by Crippen LogP contribution is 2.31. The third-order valence-electron chi connectivity index (χ3n) is 2.87. The van der Waals surface area contributed by atoms with Gasteiger partial charge in [0, 0.05) is 6.04 Å². The molecule has 1 aliphatic carbocycles. The molecule has 0 bridgehead atoms. The fourth-order valence-corrected chi connectivity index (χ4v) is 1.99. The molecule has 2 N–H and O–H groups in total. The monoisotopic (exact) mass is 153 g/mol. The van der Waals surface area contributed by atoms with Gasteiger partial charge in [-0.25, -0.2) is 0 Å². The summed E-state index contributed by atoms with van der Waals surface area (Å²) in [6.45, 7) is 6.11. The molecule has 0 spiro atoms. The minimum absolute atomic E-state index is 0.455. The van der Waals surface area contributed by atoms with Crippen LogP contribution in [0.25, 0.3) is 0 Å². The van der Waals surface area contributed by atoms with Gasteiger partial charge in [-0.05, 0) is 37.5 Å². The average Bonchev–Trinajstić information content (AvgIpc) is 1.98. The number of hydrogen-bond acceptors (Lipinski definition) is 1. The number of hydrogen-bond donors (Lipinski definition) is 1. The van der Waals surface area contributed by atoms with E-state index in [2.05, 4.69) is 13.5 Å². The lowest BCUT2D eigenvalue weighted by molar-refractivity contribution is 0.235. The third-order valence-corrected chi connectivity index (χ3v) is 2.87. The molecule has 0 saturated heterocycles. The molecule has 1 fully saturated rings. The van der Waals surface area contributed by atoms with Gasteiger partial charge < -0.3 is 5.73 Å². The first-order valence-electron chi connectivity index (χ1n) is 4.60. The van der Waals surface area contributed by atoms with E-state index in [9.17, 15) is 0 Å². The van der Waals surface area contributed by atoms with Gasteiger partial charge in [0.05, 0.1) is 0 Å². The summed E-state index contributed by atoms with van der Waals surface area (Å²) in [5.74, 6) is 1.66. The highest BCUT2D eigenvalue weighted by Gasteiger charge is 2.24. The molecule has 11 heavy (non-hydrogen) atoms. The van der Waals surface area contributed by atoms with Gasteiger partial charge in [0.15, 0.2) is 0 Å². The molecular weight excluding hydrogens is 134 g/mol. The molecule has 64 valence electrons. The second-order valence-electron chi connectivity index (χ2n) is 3.83.